The first kappa shape index (κ1) is 10.3. The summed E-state index contributed by atoms with van der Waals surface area (Å²) in [5, 5.41) is 3.34. The maximum atomic E-state index is 5.66. The SMILES string of the molecule is c1nc2c(n1CCOCC1CC1)CCNC2. The van der Waals surface area contributed by atoms with Crippen molar-refractivity contribution in [1.82, 2.24) is 14.9 Å². The van der Waals surface area contributed by atoms with Gasteiger partial charge in [-0.05, 0) is 18.8 Å². The lowest BCUT2D eigenvalue weighted by molar-refractivity contribution is 0.116. The fraction of sp³-hybridized carbons (Fsp3) is 0.750. The van der Waals surface area contributed by atoms with Crippen LogP contribution in [0.1, 0.15) is 24.2 Å². The topological polar surface area (TPSA) is 39.1 Å². The highest BCUT2D eigenvalue weighted by molar-refractivity contribution is 5.16. The lowest BCUT2D eigenvalue weighted by atomic mass is 10.2. The number of fused-ring (bicyclic) bond motifs is 1. The van der Waals surface area contributed by atoms with Gasteiger partial charge in [0.1, 0.15) is 0 Å². The highest BCUT2D eigenvalue weighted by atomic mass is 16.5. The van der Waals surface area contributed by atoms with Crippen LogP contribution in [0.3, 0.4) is 0 Å². The van der Waals surface area contributed by atoms with E-state index in [1.807, 2.05) is 6.33 Å². The van der Waals surface area contributed by atoms with Crippen LogP contribution in [-0.2, 0) is 24.2 Å². The van der Waals surface area contributed by atoms with Gasteiger partial charge in [0.2, 0.25) is 0 Å². The highest BCUT2D eigenvalue weighted by Crippen LogP contribution is 2.28. The molecular formula is C12H19N3O. The van der Waals surface area contributed by atoms with E-state index >= 15 is 0 Å². The summed E-state index contributed by atoms with van der Waals surface area (Å²) in [4.78, 5) is 4.43. The zero-order chi connectivity index (χ0) is 10.8. The Morgan fingerprint density at radius 1 is 1.50 bits per heavy atom. The predicted octanol–water partition coefficient (Wildman–Crippen LogP) is 0.955. The van der Waals surface area contributed by atoms with Crippen molar-refractivity contribution in [2.45, 2.75) is 32.4 Å². The normalized spacial score (nSPS) is 19.8. The lowest BCUT2D eigenvalue weighted by Gasteiger charge is -2.15. The molecule has 1 fully saturated rings. The minimum atomic E-state index is 0.826. The van der Waals surface area contributed by atoms with Crippen molar-refractivity contribution in [2.24, 2.45) is 5.92 Å². The summed E-state index contributed by atoms with van der Waals surface area (Å²) in [5.74, 6) is 0.862. The van der Waals surface area contributed by atoms with Gasteiger partial charge < -0.3 is 14.6 Å². The van der Waals surface area contributed by atoms with Gasteiger partial charge in [0.05, 0.1) is 18.6 Å². The summed E-state index contributed by atoms with van der Waals surface area (Å²) < 4.78 is 7.91. The number of imidazole rings is 1. The summed E-state index contributed by atoms with van der Waals surface area (Å²) >= 11 is 0. The van der Waals surface area contributed by atoms with Crippen LogP contribution in [0.4, 0.5) is 0 Å². The van der Waals surface area contributed by atoms with E-state index in [-0.39, 0.29) is 0 Å². The molecule has 1 aliphatic carbocycles. The third kappa shape index (κ3) is 2.28. The molecule has 1 aromatic rings. The van der Waals surface area contributed by atoms with Crippen molar-refractivity contribution in [3.05, 3.63) is 17.7 Å². The Bertz CT molecular complexity index is 357. The Balaban J connectivity index is 1.51. The summed E-state index contributed by atoms with van der Waals surface area (Å²) in [6, 6.07) is 0. The number of hydrogen-bond donors (Lipinski definition) is 1. The van der Waals surface area contributed by atoms with Crippen LogP contribution in [0.25, 0.3) is 0 Å². The molecular weight excluding hydrogens is 202 g/mol. The second-order valence-corrected chi connectivity index (χ2v) is 4.78. The van der Waals surface area contributed by atoms with Crippen LogP contribution in [0.5, 0.6) is 0 Å². The summed E-state index contributed by atoms with van der Waals surface area (Å²) in [6.07, 6.45) is 5.79. The van der Waals surface area contributed by atoms with Gasteiger partial charge >= 0.3 is 0 Å². The van der Waals surface area contributed by atoms with E-state index in [1.165, 1.54) is 24.2 Å². The first-order valence-electron chi connectivity index (χ1n) is 6.25. The molecule has 0 bridgehead atoms. The smallest absolute Gasteiger partial charge is 0.0953 e. The number of nitrogens with one attached hydrogen (secondary N) is 1. The van der Waals surface area contributed by atoms with Crippen molar-refractivity contribution in [1.29, 1.82) is 0 Å². The monoisotopic (exact) mass is 221 g/mol. The second kappa shape index (κ2) is 4.55. The van der Waals surface area contributed by atoms with Crippen molar-refractivity contribution in [3.8, 4) is 0 Å². The first-order chi connectivity index (χ1) is 7.93. The van der Waals surface area contributed by atoms with Crippen LogP contribution >= 0.6 is 0 Å². The molecule has 3 rings (SSSR count). The zero-order valence-corrected chi connectivity index (χ0v) is 9.61. The number of hydrogen-bond acceptors (Lipinski definition) is 3. The van der Waals surface area contributed by atoms with Gasteiger partial charge in [0, 0.05) is 38.4 Å². The molecule has 2 aliphatic rings. The molecule has 4 heteroatoms. The molecule has 1 N–H and O–H groups in total. The number of aromatic nitrogens is 2. The molecule has 0 radical (unpaired) electrons. The fourth-order valence-electron chi connectivity index (χ4n) is 2.19. The van der Waals surface area contributed by atoms with Gasteiger partial charge in [-0.15, -0.1) is 0 Å². The Hall–Kier alpha value is -0.870. The molecule has 1 saturated carbocycles. The second-order valence-electron chi connectivity index (χ2n) is 4.78. The standard InChI is InChI=1S/C12H19N3O/c1-2-10(1)8-16-6-5-15-9-14-11-7-13-4-3-12(11)15/h9-10,13H,1-8H2. The third-order valence-corrected chi connectivity index (χ3v) is 3.39. The van der Waals surface area contributed by atoms with E-state index in [0.29, 0.717) is 0 Å². The largest absolute Gasteiger partial charge is 0.379 e. The Morgan fingerprint density at radius 3 is 3.31 bits per heavy atom. The summed E-state index contributed by atoms with van der Waals surface area (Å²) in [7, 11) is 0. The molecule has 0 unspecified atom stereocenters. The van der Waals surface area contributed by atoms with Crippen LogP contribution in [0.15, 0.2) is 6.33 Å². The minimum Gasteiger partial charge on any atom is -0.379 e. The molecule has 88 valence electrons. The number of rotatable bonds is 5. The van der Waals surface area contributed by atoms with Crippen molar-refractivity contribution < 1.29 is 4.74 Å². The van der Waals surface area contributed by atoms with Crippen molar-refractivity contribution in [3.63, 3.8) is 0 Å². The average molecular weight is 221 g/mol. The Kier molecular flexibility index (Phi) is 2.93. The quantitative estimate of drug-likeness (QED) is 0.753. The lowest BCUT2D eigenvalue weighted by Crippen LogP contribution is -2.25. The summed E-state index contributed by atoms with van der Waals surface area (Å²) in [6.45, 7) is 4.73. The van der Waals surface area contributed by atoms with Gasteiger partial charge in [-0.3, -0.25) is 0 Å². The highest BCUT2D eigenvalue weighted by Gasteiger charge is 2.21. The summed E-state index contributed by atoms with van der Waals surface area (Å²) in [5.41, 5.74) is 2.61. The first-order valence-corrected chi connectivity index (χ1v) is 6.25. The maximum Gasteiger partial charge on any atom is 0.0953 e. The average Bonchev–Trinajstić information content (AvgIpc) is 3.05. The van der Waals surface area contributed by atoms with Crippen LogP contribution < -0.4 is 5.32 Å². The molecule has 0 amide bonds. The fourth-order valence-corrected chi connectivity index (χ4v) is 2.19. The van der Waals surface area contributed by atoms with Crippen LogP contribution in [0.2, 0.25) is 0 Å². The molecule has 4 nitrogen and oxygen atoms in total. The van der Waals surface area contributed by atoms with E-state index < -0.39 is 0 Å². The Morgan fingerprint density at radius 2 is 2.44 bits per heavy atom. The van der Waals surface area contributed by atoms with Gasteiger partial charge in [-0.25, -0.2) is 4.98 Å². The van der Waals surface area contributed by atoms with Gasteiger partial charge in [-0.1, -0.05) is 0 Å². The van der Waals surface area contributed by atoms with Crippen molar-refractivity contribution in [2.75, 3.05) is 19.8 Å². The molecule has 0 saturated heterocycles. The van der Waals surface area contributed by atoms with Gasteiger partial charge in [0.15, 0.2) is 0 Å². The zero-order valence-electron chi connectivity index (χ0n) is 9.61. The minimum absolute atomic E-state index is 0.826. The van der Waals surface area contributed by atoms with Crippen molar-refractivity contribution >= 4 is 0 Å². The molecule has 0 atom stereocenters. The van der Waals surface area contributed by atoms with E-state index in [4.69, 9.17) is 4.74 Å². The molecule has 16 heavy (non-hydrogen) atoms. The number of nitrogens with zero attached hydrogens (tertiary/aromatic N) is 2. The van der Waals surface area contributed by atoms with Crippen LogP contribution in [0, 0.1) is 5.92 Å². The van der Waals surface area contributed by atoms with Gasteiger partial charge in [0.25, 0.3) is 0 Å². The third-order valence-electron chi connectivity index (χ3n) is 3.39. The number of ether oxygens (including phenoxy) is 1. The van der Waals surface area contributed by atoms with E-state index in [2.05, 4.69) is 14.9 Å². The predicted molar refractivity (Wildman–Crippen MR) is 61.2 cm³/mol. The molecule has 1 aliphatic heterocycles. The van der Waals surface area contributed by atoms with E-state index in [0.717, 1.165) is 45.2 Å². The van der Waals surface area contributed by atoms with Gasteiger partial charge in [-0.2, -0.15) is 0 Å². The maximum absolute atomic E-state index is 5.66. The molecule has 0 spiro atoms. The van der Waals surface area contributed by atoms with Crippen LogP contribution in [-0.4, -0.2) is 29.3 Å². The Labute approximate surface area is 96.0 Å². The van der Waals surface area contributed by atoms with E-state index in [9.17, 15) is 0 Å². The molecule has 0 aromatic carbocycles. The molecule has 1 aromatic heterocycles. The molecule has 2 heterocycles. The van der Waals surface area contributed by atoms with E-state index in [1.54, 1.807) is 0 Å².